The van der Waals surface area contributed by atoms with Crippen molar-refractivity contribution in [3.63, 3.8) is 0 Å². The first-order chi connectivity index (χ1) is 19.9. The summed E-state index contributed by atoms with van der Waals surface area (Å²) in [5.41, 5.74) is -2.20. The van der Waals surface area contributed by atoms with Gasteiger partial charge in [0.05, 0.1) is 32.3 Å². The van der Waals surface area contributed by atoms with Crippen molar-refractivity contribution in [2.24, 2.45) is 0 Å². The number of methoxy groups -OCH3 is 1. The fraction of sp³-hybridized carbons (Fsp3) is 0.444. The van der Waals surface area contributed by atoms with Gasteiger partial charge in [-0.2, -0.15) is 0 Å². The molecule has 2 saturated heterocycles. The molecule has 0 unspecified atom stereocenters. The Balaban J connectivity index is 1.47. The highest BCUT2D eigenvalue weighted by molar-refractivity contribution is 5.98. The average Bonchev–Trinajstić information content (AvgIpc) is 3.26. The molecular weight excluding hydrogens is 564 g/mol. The Kier molecular flexibility index (Phi) is 8.30. The zero-order chi connectivity index (χ0) is 30.3. The summed E-state index contributed by atoms with van der Waals surface area (Å²) in [6.45, 7) is -1.71. The van der Waals surface area contributed by atoms with E-state index in [9.17, 15) is 45.6 Å². The van der Waals surface area contributed by atoms with Crippen molar-refractivity contribution in [3.05, 3.63) is 46.8 Å². The molecule has 5 rings (SSSR count). The molecule has 0 amide bonds. The molecule has 2 aliphatic rings. The normalized spacial score (nSPS) is 31.4. The fourth-order valence-electron chi connectivity index (χ4n) is 4.77. The first-order valence-corrected chi connectivity index (χ1v) is 12.7. The van der Waals surface area contributed by atoms with E-state index in [1.807, 2.05) is 0 Å². The maximum atomic E-state index is 12.4. The van der Waals surface area contributed by atoms with Gasteiger partial charge in [-0.05, 0) is 17.7 Å². The fourth-order valence-corrected chi connectivity index (χ4v) is 4.77. The quantitative estimate of drug-likeness (QED) is 0.110. The lowest BCUT2D eigenvalue weighted by Gasteiger charge is -2.40. The Morgan fingerprint density at radius 2 is 1.74 bits per heavy atom. The lowest BCUT2D eigenvalue weighted by molar-refractivity contribution is -0.289. The molecule has 8 atom stereocenters. The summed E-state index contributed by atoms with van der Waals surface area (Å²) in [7, 11) is 1.35. The Morgan fingerprint density at radius 3 is 2.40 bits per heavy atom. The van der Waals surface area contributed by atoms with Crippen LogP contribution in [0.4, 0.5) is 0 Å². The average molecular weight is 595 g/mol. The van der Waals surface area contributed by atoms with E-state index in [-0.39, 0.29) is 33.8 Å². The maximum Gasteiger partial charge on any atom is 0.336 e. The van der Waals surface area contributed by atoms with Gasteiger partial charge in [-0.15, -0.1) is 0 Å². The number of aromatic hydroxyl groups is 2. The zero-order valence-corrected chi connectivity index (χ0v) is 22.1. The van der Waals surface area contributed by atoms with Crippen molar-refractivity contribution >= 4 is 11.0 Å². The van der Waals surface area contributed by atoms with E-state index in [1.54, 1.807) is 0 Å². The minimum Gasteiger partial charge on any atom is -0.504 e. The molecule has 3 aromatic rings. The number of rotatable bonds is 8. The van der Waals surface area contributed by atoms with Crippen molar-refractivity contribution in [2.45, 2.75) is 48.7 Å². The Labute approximate surface area is 236 Å². The summed E-state index contributed by atoms with van der Waals surface area (Å²) >= 11 is 0. The molecule has 15 nitrogen and oxygen atoms in total. The first kappa shape index (κ1) is 30.0. The third-order valence-corrected chi connectivity index (χ3v) is 7.22. The van der Waals surface area contributed by atoms with Gasteiger partial charge in [0.1, 0.15) is 53.2 Å². The number of aliphatic hydroxyl groups excluding tert-OH is 5. The summed E-state index contributed by atoms with van der Waals surface area (Å²) in [5, 5.41) is 81.5. The lowest BCUT2D eigenvalue weighted by atomic mass is 9.98. The number of hydrogen-bond donors (Lipinski definition) is 8. The largest absolute Gasteiger partial charge is 0.504 e. The van der Waals surface area contributed by atoms with E-state index in [4.69, 9.17) is 28.1 Å². The van der Waals surface area contributed by atoms with E-state index < -0.39 is 79.9 Å². The number of phenols is 2. The third kappa shape index (κ3) is 5.49. The smallest absolute Gasteiger partial charge is 0.336 e. The van der Waals surface area contributed by atoms with Crippen LogP contribution < -0.4 is 15.1 Å². The molecule has 0 bridgehead atoms. The Morgan fingerprint density at radius 1 is 0.976 bits per heavy atom. The summed E-state index contributed by atoms with van der Waals surface area (Å²) in [5.74, 6) is -0.712. The van der Waals surface area contributed by atoms with Gasteiger partial charge in [0.25, 0.3) is 0 Å². The Hall–Kier alpha value is -3.51. The molecule has 3 heterocycles. The third-order valence-electron chi connectivity index (χ3n) is 7.22. The monoisotopic (exact) mass is 594 g/mol. The number of ether oxygens (including phenoxy) is 5. The molecule has 228 valence electrons. The molecule has 42 heavy (non-hydrogen) atoms. The van der Waals surface area contributed by atoms with Crippen LogP contribution in [0.15, 0.2) is 45.6 Å². The van der Waals surface area contributed by atoms with Gasteiger partial charge in [0.2, 0.25) is 6.29 Å². The van der Waals surface area contributed by atoms with Gasteiger partial charge >= 0.3 is 5.63 Å². The standard InChI is InChI=1S/C27H30O15/c1-37-12-5-16-20(13(7-19(31)40-16)11-2-3-14(29)15(30)4-11)17(6-12)41-25-23(34)22(33)21(32)18(42-25)8-38-26-24(35)27(36,9-28)10-39-26/h2-7,18,21-26,28-30,32-36H,8-10H2,1H3/t18-,21+,22+,23+,24-,25-,26-,27-/m0/s1. The molecule has 15 heteroatoms. The van der Waals surface area contributed by atoms with Crippen LogP contribution in [-0.4, -0.2) is 116 Å². The molecule has 0 aliphatic carbocycles. The van der Waals surface area contributed by atoms with Crippen LogP contribution in [0, 0.1) is 0 Å². The summed E-state index contributed by atoms with van der Waals surface area (Å²) in [6.07, 6.45) is -11.2. The molecule has 1 aromatic heterocycles. The minimum atomic E-state index is -1.95. The summed E-state index contributed by atoms with van der Waals surface area (Å²) in [6, 6.07) is 7.80. The van der Waals surface area contributed by atoms with Crippen LogP contribution in [0.5, 0.6) is 23.0 Å². The van der Waals surface area contributed by atoms with Gasteiger partial charge in [-0.25, -0.2) is 4.79 Å². The molecule has 2 fully saturated rings. The summed E-state index contributed by atoms with van der Waals surface area (Å²) < 4.78 is 32.9. The molecular formula is C27H30O15. The predicted octanol–water partition coefficient (Wildman–Crippen LogP) is -1.48. The van der Waals surface area contributed by atoms with Crippen LogP contribution in [-0.2, 0) is 14.2 Å². The first-order valence-electron chi connectivity index (χ1n) is 12.7. The highest BCUT2D eigenvalue weighted by Gasteiger charge is 2.50. The molecule has 8 N–H and O–H groups in total. The second-order valence-corrected chi connectivity index (χ2v) is 10.0. The predicted molar refractivity (Wildman–Crippen MR) is 139 cm³/mol. The van der Waals surface area contributed by atoms with Crippen molar-refractivity contribution in [1.82, 2.24) is 0 Å². The van der Waals surface area contributed by atoms with Gasteiger partial charge in [0, 0.05) is 23.8 Å². The van der Waals surface area contributed by atoms with Gasteiger partial charge in [-0.1, -0.05) is 6.07 Å². The molecule has 2 aliphatic heterocycles. The maximum absolute atomic E-state index is 12.4. The van der Waals surface area contributed by atoms with E-state index in [0.717, 1.165) is 6.07 Å². The summed E-state index contributed by atoms with van der Waals surface area (Å²) in [4.78, 5) is 12.4. The number of aliphatic hydroxyl groups is 6. The van der Waals surface area contributed by atoms with E-state index in [1.165, 1.54) is 37.4 Å². The van der Waals surface area contributed by atoms with Crippen LogP contribution >= 0.6 is 0 Å². The molecule has 0 radical (unpaired) electrons. The van der Waals surface area contributed by atoms with Gasteiger partial charge in [-0.3, -0.25) is 0 Å². The van der Waals surface area contributed by atoms with Gasteiger partial charge in [0.15, 0.2) is 17.8 Å². The SMILES string of the molecule is COc1cc(O[C@H]2O[C@@H](CO[C@H]3OC[C@@](O)(CO)[C@H]3O)[C@@H](O)[C@@H](O)[C@H]2O)c2c(-c3ccc(O)c(O)c3)cc(=O)oc2c1. The molecule has 0 spiro atoms. The number of hydrogen-bond acceptors (Lipinski definition) is 15. The second kappa shape index (κ2) is 11.6. The van der Waals surface area contributed by atoms with Crippen LogP contribution in [0.2, 0.25) is 0 Å². The van der Waals surface area contributed by atoms with E-state index in [2.05, 4.69) is 0 Å². The van der Waals surface area contributed by atoms with Crippen molar-refractivity contribution in [3.8, 4) is 34.1 Å². The van der Waals surface area contributed by atoms with Crippen molar-refractivity contribution in [2.75, 3.05) is 26.9 Å². The highest BCUT2D eigenvalue weighted by Crippen LogP contribution is 2.41. The van der Waals surface area contributed by atoms with Gasteiger partial charge < -0.3 is 69.0 Å². The topological polar surface area (TPSA) is 238 Å². The lowest BCUT2D eigenvalue weighted by Crippen LogP contribution is -2.60. The van der Waals surface area contributed by atoms with Crippen LogP contribution in [0.1, 0.15) is 0 Å². The second-order valence-electron chi connectivity index (χ2n) is 10.0. The van der Waals surface area contributed by atoms with Crippen molar-refractivity contribution < 1.29 is 69.0 Å². The van der Waals surface area contributed by atoms with E-state index >= 15 is 0 Å². The number of phenolic OH excluding ortho intramolecular Hbond substituents is 2. The van der Waals surface area contributed by atoms with Crippen LogP contribution in [0.25, 0.3) is 22.1 Å². The molecule has 0 saturated carbocycles. The van der Waals surface area contributed by atoms with Crippen LogP contribution in [0.3, 0.4) is 0 Å². The zero-order valence-electron chi connectivity index (χ0n) is 22.1. The minimum absolute atomic E-state index is 0.00563. The van der Waals surface area contributed by atoms with Crippen molar-refractivity contribution in [1.29, 1.82) is 0 Å². The highest BCUT2D eigenvalue weighted by atomic mass is 16.7. The van der Waals surface area contributed by atoms with E-state index in [0.29, 0.717) is 5.56 Å². The number of fused-ring (bicyclic) bond motifs is 1. The Bertz CT molecular complexity index is 1490. The number of benzene rings is 2. The molecule has 2 aromatic carbocycles.